The molecule has 0 spiro atoms. The Balaban J connectivity index is 1.34. The highest BCUT2D eigenvalue weighted by Crippen LogP contribution is 2.30. The largest absolute Gasteiger partial charge is 0.423 e. The second-order valence-corrected chi connectivity index (χ2v) is 6.91. The highest BCUT2D eigenvalue weighted by molar-refractivity contribution is 7.22. The maximum absolute atomic E-state index is 5.88. The first-order chi connectivity index (χ1) is 11.9. The molecule has 5 rings (SSSR count). The number of thiazole rings is 1. The first-order valence-corrected chi connectivity index (χ1v) is 8.89. The Morgan fingerprint density at radius 1 is 0.792 bits per heavy atom. The molecule has 2 aromatic heterocycles. The smallest absolute Gasteiger partial charge is 0.298 e. The van der Waals surface area contributed by atoms with Gasteiger partial charge in [-0.2, -0.15) is 4.98 Å². The van der Waals surface area contributed by atoms with Crippen molar-refractivity contribution in [1.82, 2.24) is 9.97 Å². The van der Waals surface area contributed by atoms with E-state index in [2.05, 4.69) is 33.0 Å². The van der Waals surface area contributed by atoms with Crippen LogP contribution in [0.15, 0.2) is 52.9 Å². The Labute approximate surface area is 143 Å². The van der Waals surface area contributed by atoms with Crippen molar-refractivity contribution in [3.8, 4) is 0 Å². The average Bonchev–Trinajstić information content (AvgIpc) is 3.25. The third kappa shape index (κ3) is 2.30. The molecule has 24 heavy (non-hydrogen) atoms. The van der Waals surface area contributed by atoms with Crippen molar-refractivity contribution in [2.75, 3.05) is 36.0 Å². The lowest BCUT2D eigenvalue weighted by atomic mass is 10.3. The molecule has 0 atom stereocenters. The monoisotopic (exact) mass is 336 g/mol. The van der Waals surface area contributed by atoms with Gasteiger partial charge in [0.25, 0.3) is 6.01 Å². The van der Waals surface area contributed by atoms with Crippen LogP contribution in [0.2, 0.25) is 0 Å². The van der Waals surface area contributed by atoms with Crippen molar-refractivity contribution >= 4 is 43.8 Å². The summed E-state index contributed by atoms with van der Waals surface area (Å²) in [6, 6.07) is 16.9. The summed E-state index contributed by atoms with van der Waals surface area (Å²) in [7, 11) is 0. The molecule has 0 bridgehead atoms. The molecular weight excluding hydrogens is 320 g/mol. The lowest BCUT2D eigenvalue weighted by Gasteiger charge is -2.33. The summed E-state index contributed by atoms with van der Waals surface area (Å²) in [4.78, 5) is 13.9. The fourth-order valence-corrected chi connectivity index (χ4v) is 4.10. The van der Waals surface area contributed by atoms with Crippen LogP contribution in [0.25, 0.3) is 21.3 Å². The van der Waals surface area contributed by atoms with E-state index < -0.39 is 0 Å². The summed E-state index contributed by atoms with van der Waals surface area (Å²) in [6.45, 7) is 3.64. The van der Waals surface area contributed by atoms with Crippen molar-refractivity contribution in [3.05, 3.63) is 48.5 Å². The minimum absolute atomic E-state index is 0.722. The number of nitrogens with zero attached hydrogens (tertiary/aromatic N) is 4. The number of para-hydroxylation sites is 3. The van der Waals surface area contributed by atoms with E-state index in [9.17, 15) is 0 Å². The molecule has 4 aromatic rings. The van der Waals surface area contributed by atoms with Crippen LogP contribution in [0.5, 0.6) is 0 Å². The van der Waals surface area contributed by atoms with E-state index in [1.54, 1.807) is 11.3 Å². The summed E-state index contributed by atoms with van der Waals surface area (Å²) in [5.74, 6) is 0. The molecule has 0 amide bonds. The summed E-state index contributed by atoms with van der Waals surface area (Å²) < 4.78 is 7.12. The normalized spacial score (nSPS) is 15.5. The third-order valence-corrected chi connectivity index (χ3v) is 5.48. The molecule has 0 unspecified atom stereocenters. The van der Waals surface area contributed by atoms with E-state index >= 15 is 0 Å². The fourth-order valence-electron chi connectivity index (χ4n) is 3.08. The Kier molecular flexibility index (Phi) is 3.16. The van der Waals surface area contributed by atoms with Gasteiger partial charge in [0, 0.05) is 26.2 Å². The molecule has 5 nitrogen and oxygen atoms in total. The van der Waals surface area contributed by atoms with E-state index in [0.717, 1.165) is 53.9 Å². The number of anilines is 2. The maximum Gasteiger partial charge on any atom is 0.298 e. The maximum atomic E-state index is 5.88. The van der Waals surface area contributed by atoms with Crippen LogP contribution in [0.1, 0.15) is 0 Å². The second kappa shape index (κ2) is 5.49. The van der Waals surface area contributed by atoms with Crippen molar-refractivity contribution < 1.29 is 4.42 Å². The Bertz CT molecular complexity index is 852. The van der Waals surface area contributed by atoms with Gasteiger partial charge in [-0.25, -0.2) is 4.98 Å². The zero-order valence-corrected chi connectivity index (χ0v) is 13.9. The quantitative estimate of drug-likeness (QED) is 0.558. The van der Waals surface area contributed by atoms with Crippen molar-refractivity contribution in [3.63, 3.8) is 0 Å². The van der Waals surface area contributed by atoms with Crippen molar-refractivity contribution in [2.24, 2.45) is 0 Å². The molecule has 1 aliphatic heterocycles. The summed E-state index contributed by atoms with van der Waals surface area (Å²) >= 11 is 1.76. The molecule has 1 saturated heterocycles. The minimum Gasteiger partial charge on any atom is -0.423 e. The Morgan fingerprint density at radius 2 is 1.50 bits per heavy atom. The van der Waals surface area contributed by atoms with Crippen LogP contribution in [0, 0.1) is 0 Å². The van der Waals surface area contributed by atoms with Gasteiger partial charge in [-0.1, -0.05) is 35.6 Å². The Hall–Kier alpha value is -2.60. The lowest BCUT2D eigenvalue weighted by Crippen LogP contribution is -2.46. The molecule has 3 heterocycles. The predicted molar refractivity (Wildman–Crippen MR) is 98.1 cm³/mol. The summed E-state index contributed by atoms with van der Waals surface area (Å²) in [5.41, 5.74) is 2.85. The highest BCUT2D eigenvalue weighted by atomic mass is 32.1. The van der Waals surface area contributed by atoms with Crippen LogP contribution in [0.4, 0.5) is 11.1 Å². The van der Waals surface area contributed by atoms with E-state index in [1.165, 1.54) is 4.70 Å². The van der Waals surface area contributed by atoms with Crippen LogP contribution >= 0.6 is 11.3 Å². The van der Waals surface area contributed by atoms with Gasteiger partial charge in [0.15, 0.2) is 10.7 Å². The standard InChI is InChI=1S/C18H16N4OS/c1-3-7-15-13(5-1)19-17(23-15)21-9-11-22(12-10-21)18-20-14-6-2-4-8-16(14)24-18/h1-8H,9-12H2. The number of piperazine rings is 1. The third-order valence-electron chi connectivity index (χ3n) is 4.39. The lowest BCUT2D eigenvalue weighted by molar-refractivity contribution is 0.542. The molecule has 0 saturated carbocycles. The van der Waals surface area contributed by atoms with Crippen LogP contribution in [-0.2, 0) is 0 Å². The van der Waals surface area contributed by atoms with Gasteiger partial charge in [-0.05, 0) is 24.3 Å². The zero-order chi connectivity index (χ0) is 15.9. The van der Waals surface area contributed by atoms with Gasteiger partial charge in [0.05, 0.1) is 10.2 Å². The van der Waals surface area contributed by atoms with Crippen molar-refractivity contribution in [1.29, 1.82) is 0 Å². The van der Waals surface area contributed by atoms with Gasteiger partial charge in [0.2, 0.25) is 0 Å². The molecule has 1 aliphatic rings. The van der Waals surface area contributed by atoms with E-state index in [1.807, 2.05) is 30.3 Å². The second-order valence-electron chi connectivity index (χ2n) is 5.90. The van der Waals surface area contributed by atoms with Crippen LogP contribution in [-0.4, -0.2) is 36.1 Å². The highest BCUT2D eigenvalue weighted by Gasteiger charge is 2.23. The number of hydrogen-bond donors (Lipinski definition) is 0. The fraction of sp³-hybridized carbons (Fsp3) is 0.222. The molecule has 0 radical (unpaired) electrons. The minimum atomic E-state index is 0.722. The number of rotatable bonds is 2. The molecule has 2 aromatic carbocycles. The number of hydrogen-bond acceptors (Lipinski definition) is 6. The first-order valence-electron chi connectivity index (χ1n) is 8.08. The number of aromatic nitrogens is 2. The summed E-state index contributed by atoms with van der Waals surface area (Å²) in [6.07, 6.45) is 0. The number of fused-ring (bicyclic) bond motifs is 2. The van der Waals surface area contributed by atoms with Crippen LogP contribution in [0.3, 0.4) is 0 Å². The van der Waals surface area contributed by atoms with Crippen LogP contribution < -0.4 is 9.80 Å². The number of oxazole rings is 1. The van der Waals surface area contributed by atoms with Gasteiger partial charge >= 0.3 is 0 Å². The van der Waals surface area contributed by atoms with Gasteiger partial charge in [0.1, 0.15) is 5.52 Å². The molecule has 120 valence electrons. The Morgan fingerprint density at radius 3 is 2.29 bits per heavy atom. The SMILES string of the molecule is c1ccc2oc(N3CCN(c4nc5ccccc5s4)CC3)nc2c1. The molecule has 1 fully saturated rings. The van der Waals surface area contributed by atoms with Gasteiger partial charge < -0.3 is 14.2 Å². The predicted octanol–water partition coefficient (Wildman–Crippen LogP) is 3.76. The molecule has 0 aliphatic carbocycles. The van der Waals surface area contributed by atoms with Crippen molar-refractivity contribution in [2.45, 2.75) is 0 Å². The van der Waals surface area contributed by atoms with E-state index in [4.69, 9.17) is 9.40 Å². The molecule has 0 N–H and O–H groups in total. The topological polar surface area (TPSA) is 45.4 Å². The molecule has 6 heteroatoms. The van der Waals surface area contributed by atoms with Gasteiger partial charge in [-0.3, -0.25) is 0 Å². The first kappa shape index (κ1) is 13.8. The van der Waals surface area contributed by atoms with Gasteiger partial charge in [-0.15, -0.1) is 0 Å². The number of benzene rings is 2. The summed E-state index contributed by atoms with van der Waals surface area (Å²) in [5, 5.41) is 1.11. The molecular formula is C18H16N4OS. The zero-order valence-electron chi connectivity index (χ0n) is 13.1. The van der Waals surface area contributed by atoms with E-state index in [-0.39, 0.29) is 0 Å². The average molecular weight is 336 g/mol. The van der Waals surface area contributed by atoms with E-state index in [0.29, 0.717) is 0 Å².